The highest BCUT2D eigenvalue weighted by molar-refractivity contribution is 6.03. The molecule has 0 radical (unpaired) electrons. The van der Waals surface area contributed by atoms with E-state index in [1.807, 2.05) is 0 Å². The molecule has 0 aliphatic carbocycles. The normalized spacial score (nSPS) is 17.6. The highest BCUT2D eigenvalue weighted by Crippen LogP contribution is 2.25. The lowest BCUT2D eigenvalue weighted by Crippen LogP contribution is -2.39. The molecule has 1 fully saturated rings. The van der Waals surface area contributed by atoms with Gasteiger partial charge >= 0.3 is 0 Å². The van der Waals surface area contributed by atoms with E-state index in [0.717, 1.165) is 31.6 Å². The third-order valence-corrected chi connectivity index (χ3v) is 4.38. The zero-order valence-corrected chi connectivity index (χ0v) is 13.7. The van der Waals surface area contributed by atoms with Crippen molar-refractivity contribution in [3.8, 4) is 0 Å². The average molecular weight is 328 g/mol. The van der Waals surface area contributed by atoms with Crippen molar-refractivity contribution in [2.75, 3.05) is 16.8 Å². The maximum absolute atomic E-state index is 12.9. The van der Waals surface area contributed by atoms with Gasteiger partial charge in [0.2, 0.25) is 0 Å². The molecule has 1 aromatic heterocycles. The van der Waals surface area contributed by atoms with E-state index in [1.165, 1.54) is 37.0 Å². The molecule has 0 saturated carbocycles. The number of halogens is 1. The molecule has 1 aliphatic heterocycles. The highest BCUT2D eigenvalue weighted by atomic mass is 19.1. The van der Waals surface area contributed by atoms with Crippen LogP contribution in [0.2, 0.25) is 0 Å². The Hall–Kier alpha value is -2.50. The maximum Gasteiger partial charge on any atom is 0.274 e. The smallest absolute Gasteiger partial charge is 0.274 e. The summed E-state index contributed by atoms with van der Waals surface area (Å²) in [5.41, 5.74) is 0.843. The Bertz CT molecular complexity index is 704. The molecular weight excluding hydrogens is 307 g/mol. The first kappa shape index (κ1) is 16.4. The molecule has 0 bridgehead atoms. The Morgan fingerprint density at radius 3 is 2.83 bits per heavy atom. The van der Waals surface area contributed by atoms with Crippen LogP contribution in [0, 0.1) is 5.82 Å². The molecule has 1 atom stereocenters. The van der Waals surface area contributed by atoms with Crippen LogP contribution in [0.4, 0.5) is 15.9 Å². The van der Waals surface area contributed by atoms with Gasteiger partial charge < -0.3 is 10.2 Å². The predicted molar refractivity (Wildman–Crippen MR) is 91.7 cm³/mol. The molecule has 3 rings (SSSR count). The summed E-state index contributed by atoms with van der Waals surface area (Å²) in [6.07, 6.45) is 6.00. The maximum atomic E-state index is 12.9. The fourth-order valence-corrected chi connectivity index (χ4v) is 3.08. The standard InChI is InChI=1S/C18H21FN4O/c1-2-15-5-3-4-10-23(15)17-11-16(20-12-21-17)18(24)22-14-8-6-13(19)7-9-14/h6-9,11-12,15H,2-5,10H2,1H3,(H,22,24). The molecule has 0 spiro atoms. The molecule has 2 heterocycles. The summed E-state index contributed by atoms with van der Waals surface area (Å²) in [6, 6.07) is 7.84. The van der Waals surface area contributed by atoms with Crippen LogP contribution >= 0.6 is 0 Å². The minimum atomic E-state index is -0.340. The van der Waals surface area contributed by atoms with E-state index in [0.29, 0.717) is 17.4 Å². The van der Waals surface area contributed by atoms with Crippen molar-refractivity contribution < 1.29 is 9.18 Å². The summed E-state index contributed by atoms with van der Waals surface area (Å²) in [4.78, 5) is 23.1. The number of piperidine rings is 1. The number of anilines is 2. The van der Waals surface area contributed by atoms with Crippen molar-refractivity contribution in [2.24, 2.45) is 0 Å². The van der Waals surface area contributed by atoms with Gasteiger partial charge in [0.05, 0.1) is 0 Å². The molecule has 24 heavy (non-hydrogen) atoms. The Morgan fingerprint density at radius 1 is 1.29 bits per heavy atom. The molecule has 1 unspecified atom stereocenters. The van der Waals surface area contributed by atoms with E-state index in [1.54, 1.807) is 6.07 Å². The van der Waals surface area contributed by atoms with Crippen LogP contribution in [0.3, 0.4) is 0 Å². The molecule has 1 aromatic carbocycles. The summed E-state index contributed by atoms with van der Waals surface area (Å²) in [5, 5.41) is 2.73. The molecule has 126 valence electrons. The first-order valence-corrected chi connectivity index (χ1v) is 8.33. The average Bonchev–Trinajstić information content (AvgIpc) is 2.63. The Kier molecular flexibility index (Phi) is 5.03. The minimum Gasteiger partial charge on any atom is -0.354 e. The summed E-state index contributed by atoms with van der Waals surface area (Å²) < 4.78 is 12.9. The van der Waals surface area contributed by atoms with Gasteiger partial charge in [0.1, 0.15) is 23.7 Å². The summed E-state index contributed by atoms with van der Waals surface area (Å²) in [5.74, 6) is 0.129. The van der Waals surface area contributed by atoms with Crippen LogP contribution in [0.25, 0.3) is 0 Å². The van der Waals surface area contributed by atoms with E-state index in [9.17, 15) is 9.18 Å². The first-order valence-electron chi connectivity index (χ1n) is 8.33. The minimum absolute atomic E-state index is 0.310. The van der Waals surface area contributed by atoms with Crippen molar-refractivity contribution in [1.82, 2.24) is 9.97 Å². The van der Waals surface area contributed by atoms with E-state index < -0.39 is 0 Å². The summed E-state index contributed by atoms with van der Waals surface area (Å²) in [6.45, 7) is 3.13. The number of amides is 1. The van der Waals surface area contributed by atoms with Crippen molar-refractivity contribution in [2.45, 2.75) is 38.6 Å². The topological polar surface area (TPSA) is 58.1 Å². The number of aromatic nitrogens is 2. The zero-order chi connectivity index (χ0) is 16.9. The third-order valence-electron chi connectivity index (χ3n) is 4.38. The molecule has 1 saturated heterocycles. The summed E-state index contributed by atoms with van der Waals surface area (Å²) >= 11 is 0. The van der Waals surface area contributed by atoms with Gasteiger partial charge in [-0.05, 0) is 49.9 Å². The molecule has 5 nitrogen and oxygen atoms in total. The van der Waals surface area contributed by atoms with E-state index in [-0.39, 0.29) is 11.7 Å². The zero-order valence-electron chi connectivity index (χ0n) is 13.7. The third kappa shape index (κ3) is 3.69. The molecule has 2 aromatic rings. The van der Waals surface area contributed by atoms with Gasteiger partial charge in [0.15, 0.2) is 0 Å². The number of hydrogen-bond donors (Lipinski definition) is 1. The van der Waals surface area contributed by atoms with Crippen LogP contribution in [0.5, 0.6) is 0 Å². The van der Waals surface area contributed by atoms with E-state index in [2.05, 4.69) is 27.1 Å². The van der Waals surface area contributed by atoms with Crippen LogP contribution in [-0.2, 0) is 0 Å². The van der Waals surface area contributed by atoms with Crippen molar-refractivity contribution in [1.29, 1.82) is 0 Å². The van der Waals surface area contributed by atoms with Gasteiger partial charge in [-0.3, -0.25) is 4.79 Å². The van der Waals surface area contributed by atoms with Crippen molar-refractivity contribution in [3.05, 3.63) is 48.2 Å². The SMILES string of the molecule is CCC1CCCCN1c1cc(C(=O)Nc2ccc(F)cc2)ncn1. The number of carbonyl (C=O) groups excluding carboxylic acids is 1. The second-order valence-electron chi connectivity index (χ2n) is 5.97. The number of nitrogens with one attached hydrogen (secondary N) is 1. The fraction of sp³-hybridized carbons (Fsp3) is 0.389. The lowest BCUT2D eigenvalue weighted by molar-refractivity contribution is 0.102. The Labute approximate surface area is 140 Å². The second-order valence-corrected chi connectivity index (χ2v) is 5.97. The van der Waals surface area contributed by atoms with Gasteiger partial charge in [-0.15, -0.1) is 0 Å². The van der Waals surface area contributed by atoms with Gasteiger partial charge in [-0.25, -0.2) is 14.4 Å². The molecule has 1 aliphatic rings. The fourth-order valence-electron chi connectivity index (χ4n) is 3.08. The van der Waals surface area contributed by atoms with Gasteiger partial charge in [0.25, 0.3) is 5.91 Å². The van der Waals surface area contributed by atoms with Gasteiger partial charge in [0, 0.05) is 24.3 Å². The monoisotopic (exact) mass is 328 g/mol. The van der Waals surface area contributed by atoms with Crippen molar-refractivity contribution >= 4 is 17.4 Å². The Balaban J connectivity index is 1.76. The Morgan fingerprint density at radius 2 is 2.08 bits per heavy atom. The highest BCUT2D eigenvalue weighted by Gasteiger charge is 2.23. The number of carbonyl (C=O) groups is 1. The number of hydrogen-bond acceptors (Lipinski definition) is 4. The van der Waals surface area contributed by atoms with Crippen LogP contribution in [0.15, 0.2) is 36.7 Å². The van der Waals surface area contributed by atoms with Crippen molar-refractivity contribution in [3.63, 3.8) is 0 Å². The number of benzene rings is 1. The predicted octanol–water partition coefficient (Wildman–Crippen LogP) is 3.64. The van der Waals surface area contributed by atoms with Crippen LogP contribution in [0.1, 0.15) is 43.1 Å². The quantitative estimate of drug-likeness (QED) is 0.931. The van der Waals surface area contributed by atoms with Gasteiger partial charge in [-0.1, -0.05) is 6.92 Å². The van der Waals surface area contributed by atoms with Crippen LogP contribution < -0.4 is 10.2 Å². The lowest BCUT2D eigenvalue weighted by Gasteiger charge is -2.36. The number of nitrogens with zero attached hydrogens (tertiary/aromatic N) is 3. The molecular formula is C18H21FN4O. The van der Waals surface area contributed by atoms with Gasteiger partial charge in [-0.2, -0.15) is 0 Å². The summed E-state index contributed by atoms with van der Waals surface area (Å²) in [7, 11) is 0. The van der Waals surface area contributed by atoms with E-state index in [4.69, 9.17) is 0 Å². The lowest BCUT2D eigenvalue weighted by atomic mass is 10.00. The number of rotatable bonds is 4. The first-order chi connectivity index (χ1) is 11.7. The molecule has 1 N–H and O–H groups in total. The second kappa shape index (κ2) is 7.38. The van der Waals surface area contributed by atoms with E-state index >= 15 is 0 Å². The van der Waals surface area contributed by atoms with Crippen LogP contribution in [-0.4, -0.2) is 28.5 Å². The molecule has 6 heteroatoms. The molecule has 1 amide bonds. The largest absolute Gasteiger partial charge is 0.354 e.